The van der Waals surface area contributed by atoms with Crippen LogP contribution in [0.1, 0.15) is 0 Å². The molecule has 3 N–H and O–H groups in total. The van der Waals surface area contributed by atoms with Crippen molar-refractivity contribution in [2.75, 3.05) is 11.1 Å². The molecule has 2 nitrogen and oxygen atoms in total. The molecule has 0 unspecified atom stereocenters. The lowest BCUT2D eigenvalue weighted by molar-refractivity contribution is 0.512. The van der Waals surface area contributed by atoms with Crippen molar-refractivity contribution in [3.05, 3.63) is 52.5 Å². The van der Waals surface area contributed by atoms with Crippen LogP contribution in [0.4, 0.5) is 25.8 Å². The van der Waals surface area contributed by atoms with E-state index in [1.165, 1.54) is 6.07 Å². The monoisotopic (exact) mass is 298 g/mol. The first-order valence-electron chi connectivity index (χ1n) is 4.84. The van der Waals surface area contributed by atoms with Gasteiger partial charge < -0.3 is 11.1 Å². The van der Waals surface area contributed by atoms with Gasteiger partial charge >= 0.3 is 0 Å². The zero-order chi connectivity index (χ0) is 12.4. The molecule has 0 aromatic heterocycles. The highest BCUT2D eigenvalue weighted by molar-refractivity contribution is 9.10. The minimum Gasteiger partial charge on any atom is -0.397 e. The van der Waals surface area contributed by atoms with E-state index in [0.29, 0.717) is 5.69 Å². The first-order chi connectivity index (χ1) is 8.08. The number of benzene rings is 2. The van der Waals surface area contributed by atoms with Gasteiger partial charge in [0.25, 0.3) is 0 Å². The minimum absolute atomic E-state index is 0.0527. The topological polar surface area (TPSA) is 38.0 Å². The summed E-state index contributed by atoms with van der Waals surface area (Å²) >= 11 is 3.29. The molecule has 17 heavy (non-hydrogen) atoms. The highest BCUT2D eigenvalue weighted by atomic mass is 79.9. The van der Waals surface area contributed by atoms with E-state index < -0.39 is 11.6 Å². The molecule has 0 spiro atoms. The number of hydrogen-bond donors (Lipinski definition) is 2. The van der Waals surface area contributed by atoms with Crippen LogP contribution < -0.4 is 11.1 Å². The Kier molecular flexibility index (Phi) is 3.28. The predicted octanol–water partition coefficient (Wildman–Crippen LogP) is 4.05. The molecule has 0 saturated heterocycles. The van der Waals surface area contributed by atoms with Crippen molar-refractivity contribution in [3.8, 4) is 0 Å². The summed E-state index contributed by atoms with van der Waals surface area (Å²) in [5, 5.41) is 2.75. The Hall–Kier alpha value is -1.62. The number of nitrogens with two attached hydrogens (primary N) is 1. The minimum atomic E-state index is -0.982. The van der Waals surface area contributed by atoms with Gasteiger partial charge in [0.05, 0.1) is 5.69 Å². The van der Waals surface area contributed by atoms with Crippen molar-refractivity contribution in [1.82, 2.24) is 0 Å². The van der Waals surface area contributed by atoms with Crippen molar-refractivity contribution < 1.29 is 8.78 Å². The van der Waals surface area contributed by atoms with Gasteiger partial charge in [0.1, 0.15) is 5.69 Å². The Bertz CT molecular complexity index is 558. The van der Waals surface area contributed by atoms with Crippen molar-refractivity contribution in [3.63, 3.8) is 0 Å². The molecular weight excluding hydrogens is 290 g/mol. The summed E-state index contributed by atoms with van der Waals surface area (Å²) in [6.07, 6.45) is 0. The van der Waals surface area contributed by atoms with E-state index in [4.69, 9.17) is 5.73 Å². The molecule has 0 aliphatic carbocycles. The van der Waals surface area contributed by atoms with Crippen LogP contribution in [0, 0.1) is 11.6 Å². The van der Waals surface area contributed by atoms with Crippen molar-refractivity contribution in [2.24, 2.45) is 0 Å². The quantitative estimate of drug-likeness (QED) is 0.821. The summed E-state index contributed by atoms with van der Waals surface area (Å²) in [5.41, 5.74) is 6.32. The number of rotatable bonds is 2. The molecule has 2 rings (SSSR count). The average Bonchev–Trinajstić information content (AvgIpc) is 2.30. The SMILES string of the molecule is Nc1ccc(F)c(F)c1Nc1cccc(Br)c1. The molecular formula is C12H9BrF2N2. The van der Waals surface area contributed by atoms with E-state index in [1.54, 1.807) is 18.2 Å². The fourth-order valence-corrected chi connectivity index (χ4v) is 1.80. The third-order valence-corrected chi connectivity index (χ3v) is 2.71. The van der Waals surface area contributed by atoms with Crippen LogP contribution in [0.25, 0.3) is 0 Å². The second-order valence-corrected chi connectivity index (χ2v) is 4.38. The Morgan fingerprint density at radius 2 is 1.88 bits per heavy atom. The van der Waals surface area contributed by atoms with Gasteiger partial charge in [0.15, 0.2) is 11.6 Å². The number of nitrogen functional groups attached to an aromatic ring is 1. The normalized spacial score (nSPS) is 10.3. The molecule has 2 aromatic carbocycles. The molecule has 0 amide bonds. The molecule has 0 fully saturated rings. The van der Waals surface area contributed by atoms with Crippen LogP contribution in [0.15, 0.2) is 40.9 Å². The summed E-state index contributed by atoms with van der Waals surface area (Å²) in [7, 11) is 0. The van der Waals surface area contributed by atoms with Gasteiger partial charge in [-0.25, -0.2) is 8.78 Å². The molecule has 0 heterocycles. The van der Waals surface area contributed by atoms with Gasteiger partial charge in [-0.1, -0.05) is 22.0 Å². The van der Waals surface area contributed by atoms with Gasteiger partial charge in [0, 0.05) is 10.2 Å². The van der Waals surface area contributed by atoms with Crippen molar-refractivity contribution in [1.29, 1.82) is 0 Å². The Balaban J connectivity index is 2.39. The summed E-state index contributed by atoms with van der Waals surface area (Å²) in [4.78, 5) is 0. The van der Waals surface area contributed by atoms with Crippen LogP contribution in [0.2, 0.25) is 0 Å². The largest absolute Gasteiger partial charge is 0.397 e. The Morgan fingerprint density at radius 3 is 2.59 bits per heavy atom. The van der Waals surface area contributed by atoms with E-state index >= 15 is 0 Å². The summed E-state index contributed by atoms with van der Waals surface area (Å²) < 4.78 is 27.4. The molecule has 0 atom stereocenters. The van der Waals surface area contributed by atoms with Crippen molar-refractivity contribution >= 4 is 33.0 Å². The molecule has 0 aliphatic rings. The molecule has 88 valence electrons. The van der Waals surface area contributed by atoms with E-state index in [1.807, 2.05) is 6.07 Å². The van der Waals surface area contributed by atoms with Gasteiger partial charge in [0.2, 0.25) is 0 Å². The fourth-order valence-electron chi connectivity index (χ4n) is 1.40. The first kappa shape index (κ1) is 11.9. The molecule has 0 bridgehead atoms. The zero-order valence-electron chi connectivity index (χ0n) is 8.68. The van der Waals surface area contributed by atoms with Crippen LogP contribution in [-0.4, -0.2) is 0 Å². The van der Waals surface area contributed by atoms with Crippen molar-refractivity contribution in [2.45, 2.75) is 0 Å². The first-order valence-corrected chi connectivity index (χ1v) is 5.63. The third-order valence-electron chi connectivity index (χ3n) is 2.22. The fraction of sp³-hybridized carbons (Fsp3) is 0. The lowest BCUT2D eigenvalue weighted by atomic mass is 10.2. The van der Waals surface area contributed by atoms with Crippen LogP contribution in [0.3, 0.4) is 0 Å². The van der Waals surface area contributed by atoms with Crippen LogP contribution in [0.5, 0.6) is 0 Å². The molecule has 2 aromatic rings. The number of hydrogen-bond acceptors (Lipinski definition) is 2. The standard InChI is InChI=1S/C12H9BrF2N2/c13-7-2-1-3-8(6-7)17-12-10(16)5-4-9(14)11(12)15/h1-6,17H,16H2. The highest BCUT2D eigenvalue weighted by Gasteiger charge is 2.11. The maximum absolute atomic E-state index is 13.5. The maximum Gasteiger partial charge on any atom is 0.184 e. The lowest BCUT2D eigenvalue weighted by Crippen LogP contribution is -2.01. The predicted molar refractivity (Wildman–Crippen MR) is 68.2 cm³/mol. The van der Waals surface area contributed by atoms with Gasteiger partial charge in [-0.3, -0.25) is 0 Å². The smallest absolute Gasteiger partial charge is 0.184 e. The lowest BCUT2D eigenvalue weighted by Gasteiger charge is -2.11. The molecule has 0 saturated carbocycles. The third kappa shape index (κ3) is 2.55. The summed E-state index contributed by atoms with van der Waals surface area (Å²) in [6, 6.07) is 9.39. The Labute approximate surface area is 106 Å². The average molecular weight is 299 g/mol. The van der Waals surface area contributed by atoms with E-state index in [9.17, 15) is 8.78 Å². The van der Waals surface area contributed by atoms with Crippen LogP contribution >= 0.6 is 15.9 Å². The molecule has 0 aliphatic heterocycles. The maximum atomic E-state index is 13.5. The van der Waals surface area contributed by atoms with E-state index in [0.717, 1.165) is 10.5 Å². The molecule has 5 heteroatoms. The molecule has 0 radical (unpaired) electrons. The summed E-state index contributed by atoms with van der Waals surface area (Å²) in [6.45, 7) is 0. The van der Waals surface area contributed by atoms with Gasteiger partial charge in [-0.05, 0) is 30.3 Å². The van der Waals surface area contributed by atoms with Gasteiger partial charge in [-0.2, -0.15) is 0 Å². The number of anilines is 3. The number of nitrogens with one attached hydrogen (secondary N) is 1. The van der Waals surface area contributed by atoms with E-state index in [2.05, 4.69) is 21.2 Å². The van der Waals surface area contributed by atoms with Gasteiger partial charge in [-0.15, -0.1) is 0 Å². The second-order valence-electron chi connectivity index (χ2n) is 3.46. The van der Waals surface area contributed by atoms with E-state index in [-0.39, 0.29) is 11.4 Å². The number of halogens is 3. The Morgan fingerprint density at radius 1 is 1.12 bits per heavy atom. The second kappa shape index (κ2) is 4.71. The zero-order valence-corrected chi connectivity index (χ0v) is 10.3. The summed E-state index contributed by atoms with van der Waals surface area (Å²) in [5.74, 6) is -1.92. The highest BCUT2D eigenvalue weighted by Crippen LogP contribution is 2.28. The van der Waals surface area contributed by atoms with Crippen LogP contribution in [-0.2, 0) is 0 Å².